The van der Waals surface area contributed by atoms with E-state index in [-0.39, 0.29) is 5.91 Å². The third-order valence-corrected chi connectivity index (χ3v) is 5.15. The van der Waals surface area contributed by atoms with Crippen LogP contribution in [0.15, 0.2) is 72.1 Å². The number of imidazole rings is 1. The van der Waals surface area contributed by atoms with Crippen LogP contribution in [0.5, 0.6) is 0 Å². The average molecular weight is 372 g/mol. The maximum atomic E-state index is 12.0. The number of carbonyl (C=O) groups is 1. The van der Waals surface area contributed by atoms with Gasteiger partial charge in [-0.15, -0.1) is 11.8 Å². The molecule has 128 valence electrons. The van der Waals surface area contributed by atoms with Crippen LogP contribution in [0.4, 0.5) is 0 Å². The quantitative estimate of drug-likeness (QED) is 0.639. The summed E-state index contributed by atoms with van der Waals surface area (Å²) >= 11 is 7.53. The molecule has 2 aromatic carbocycles. The van der Waals surface area contributed by atoms with Gasteiger partial charge in [0, 0.05) is 30.4 Å². The molecule has 0 unspecified atom stereocenters. The average Bonchev–Trinajstić information content (AvgIpc) is 3.13. The number of hydrogen-bond acceptors (Lipinski definition) is 3. The smallest absolute Gasteiger partial charge is 0.230 e. The molecule has 3 rings (SSSR count). The van der Waals surface area contributed by atoms with Gasteiger partial charge in [0.2, 0.25) is 5.91 Å². The zero-order chi connectivity index (χ0) is 17.5. The van der Waals surface area contributed by atoms with E-state index in [1.54, 1.807) is 12.5 Å². The maximum absolute atomic E-state index is 12.0. The van der Waals surface area contributed by atoms with Gasteiger partial charge in [-0.1, -0.05) is 48.0 Å². The summed E-state index contributed by atoms with van der Waals surface area (Å²) in [6.45, 7) is 1.31. The summed E-state index contributed by atoms with van der Waals surface area (Å²) in [7, 11) is 0. The van der Waals surface area contributed by atoms with Crippen molar-refractivity contribution in [3.05, 3.63) is 83.4 Å². The summed E-state index contributed by atoms with van der Waals surface area (Å²) < 4.78 is 2.02. The Balaban J connectivity index is 1.45. The topological polar surface area (TPSA) is 46.9 Å². The minimum absolute atomic E-state index is 0.00703. The second-order valence-corrected chi connectivity index (χ2v) is 6.97. The third kappa shape index (κ3) is 5.37. The fourth-order valence-corrected chi connectivity index (χ4v) is 3.38. The van der Waals surface area contributed by atoms with Crippen molar-refractivity contribution in [2.75, 3.05) is 5.75 Å². The van der Waals surface area contributed by atoms with Gasteiger partial charge in [0.1, 0.15) is 0 Å². The molecule has 0 saturated heterocycles. The fourth-order valence-electron chi connectivity index (χ4n) is 2.31. The Kier molecular flexibility index (Phi) is 6.14. The number of nitrogens with zero attached hydrogens (tertiary/aromatic N) is 2. The van der Waals surface area contributed by atoms with Crippen LogP contribution < -0.4 is 5.32 Å². The number of hydrogen-bond donors (Lipinski definition) is 1. The summed E-state index contributed by atoms with van der Waals surface area (Å²) in [5.74, 6) is 0.343. The Bertz CT molecular complexity index is 819. The first-order valence-electron chi connectivity index (χ1n) is 7.88. The molecule has 1 aromatic heterocycles. The first-order chi connectivity index (χ1) is 12.2. The van der Waals surface area contributed by atoms with Crippen molar-refractivity contribution in [3.63, 3.8) is 0 Å². The van der Waals surface area contributed by atoms with Gasteiger partial charge >= 0.3 is 0 Å². The Labute approximate surface area is 156 Å². The number of benzene rings is 2. The van der Waals surface area contributed by atoms with Crippen molar-refractivity contribution < 1.29 is 4.79 Å². The van der Waals surface area contributed by atoms with Crippen LogP contribution in [-0.4, -0.2) is 21.2 Å². The van der Waals surface area contributed by atoms with Crippen LogP contribution >= 0.6 is 23.4 Å². The van der Waals surface area contributed by atoms with Gasteiger partial charge < -0.3 is 9.88 Å². The number of aromatic nitrogens is 2. The Morgan fingerprint density at radius 2 is 1.88 bits per heavy atom. The minimum atomic E-state index is -0.00703. The Hall–Kier alpha value is -2.24. The third-order valence-electron chi connectivity index (χ3n) is 3.63. The standard InChI is InChI=1S/C19H18ClN3OS/c20-17-3-1-2-4-18(17)25-13-19(24)22-11-15-5-7-16(8-6-15)12-23-10-9-21-14-23/h1-10,14H,11-13H2,(H,22,24). The van der Waals surface area contributed by atoms with Gasteiger partial charge in [0.25, 0.3) is 0 Å². The van der Waals surface area contributed by atoms with E-state index in [9.17, 15) is 4.79 Å². The molecular formula is C19H18ClN3OS. The van der Waals surface area contributed by atoms with Gasteiger partial charge in [-0.25, -0.2) is 4.98 Å². The first kappa shape index (κ1) is 17.6. The normalized spacial score (nSPS) is 10.6. The molecule has 0 aliphatic rings. The second-order valence-electron chi connectivity index (χ2n) is 5.55. The first-order valence-corrected chi connectivity index (χ1v) is 9.24. The van der Waals surface area contributed by atoms with Gasteiger partial charge in [-0.2, -0.15) is 0 Å². The van der Waals surface area contributed by atoms with E-state index in [0.717, 1.165) is 17.0 Å². The van der Waals surface area contributed by atoms with Crippen molar-refractivity contribution in [1.29, 1.82) is 0 Å². The van der Waals surface area contributed by atoms with E-state index in [1.807, 2.05) is 47.2 Å². The summed E-state index contributed by atoms with van der Waals surface area (Å²) in [5.41, 5.74) is 2.27. The zero-order valence-electron chi connectivity index (χ0n) is 13.6. The van der Waals surface area contributed by atoms with Crippen molar-refractivity contribution in [2.45, 2.75) is 18.0 Å². The van der Waals surface area contributed by atoms with Crippen LogP contribution in [0.2, 0.25) is 5.02 Å². The van der Waals surface area contributed by atoms with Gasteiger partial charge in [-0.05, 0) is 23.3 Å². The van der Waals surface area contributed by atoms with Gasteiger partial charge in [0.05, 0.1) is 17.1 Å². The van der Waals surface area contributed by atoms with E-state index in [4.69, 9.17) is 11.6 Å². The molecule has 0 bridgehead atoms. The number of halogens is 1. The molecule has 0 fully saturated rings. The zero-order valence-corrected chi connectivity index (χ0v) is 15.1. The minimum Gasteiger partial charge on any atom is -0.351 e. The predicted molar refractivity (Wildman–Crippen MR) is 102 cm³/mol. The van der Waals surface area contributed by atoms with Crippen LogP contribution in [0.3, 0.4) is 0 Å². The summed E-state index contributed by atoms with van der Waals surface area (Å²) in [6.07, 6.45) is 5.50. The number of thioether (sulfide) groups is 1. The number of rotatable bonds is 7. The SMILES string of the molecule is O=C(CSc1ccccc1Cl)NCc1ccc(Cn2ccnc2)cc1. The highest BCUT2D eigenvalue weighted by Crippen LogP contribution is 2.26. The predicted octanol–water partition coefficient (Wildman–Crippen LogP) is 3.99. The Morgan fingerprint density at radius 1 is 1.12 bits per heavy atom. The van der Waals surface area contributed by atoms with Gasteiger partial charge in [-0.3, -0.25) is 4.79 Å². The van der Waals surface area contributed by atoms with E-state index < -0.39 is 0 Å². The number of nitrogens with one attached hydrogen (secondary N) is 1. The Morgan fingerprint density at radius 3 is 2.60 bits per heavy atom. The highest BCUT2D eigenvalue weighted by atomic mass is 35.5. The molecule has 1 amide bonds. The van der Waals surface area contributed by atoms with Crippen LogP contribution in [-0.2, 0) is 17.9 Å². The fraction of sp³-hybridized carbons (Fsp3) is 0.158. The highest BCUT2D eigenvalue weighted by molar-refractivity contribution is 8.00. The maximum Gasteiger partial charge on any atom is 0.230 e. The van der Waals surface area contributed by atoms with Crippen molar-refractivity contribution in [1.82, 2.24) is 14.9 Å². The number of carbonyl (C=O) groups excluding carboxylic acids is 1. The lowest BCUT2D eigenvalue weighted by atomic mass is 10.1. The largest absolute Gasteiger partial charge is 0.351 e. The molecule has 25 heavy (non-hydrogen) atoms. The van der Waals surface area contributed by atoms with Crippen molar-refractivity contribution in [3.8, 4) is 0 Å². The summed E-state index contributed by atoms with van der Waals surface area (Å²) in [5, 5.41) is 3.61. The molecule has 0 aliphatic carbocycles. The van der Waals surface area contributed by atoms with Crippen LogP contribution in [0.1, 0.15) is 11.1 Å². The summed E-state index contributed by atoms with van der Waals surface area (Å²) in [4.78, 5) is 16.9. The lowest BCUT2D eigenvalue weighted by Crippen LogP contribution is -2.24. The van der Waals surface area contributed by atoms with E-state index in [0.29, 0.717) is 17.3 Å². The molecule has 0 saturated carbocycles. The molecule has 3 aromatic rings. The molecule has 4 nitrogen and oxygen atoms in total. The van der Waals surface area contributed by atoms with E-state index >= 15 is 0 Å². The molecule has 0 atom stereocenters. The van der Waals surface area contributed by atoms with E-state index in [2.05, 4.69) is 22.4 Å². The highest BCUT2D eigenvalue weighted by Gasteiger charge is 2.05. The van der Waals surface area contributed by atoms with Crippen LogP contribution in [0, 0.1) is 0 Å². The molecule has 1 N–H and O–H groups in total. The van der Waals surface area contributed by atoms with Crippen molar-refractivity contribution >= 4 is 29.3 Å². The monoisotopic (exact) mass is 371 g/mol. The molecule has 6 heteroatoms. The van der Waals surface area contributed by atoms with Crippen LogP contribution in [0.25, 0.3) is 0 Å². The molecule has 0 aliphatic heterocycles. The van der Waals surface area contributed by atoms with Gasteiger partial charge in [0.15, 0.2) is 0 Å². The summed E-state index contributed by atoms with van der Waals surface area (Å²) in [6, 6.07) is 15.7. The molecule has 1 heterocycles. The molecular weight excluding hydrogens is 354 g/mol. The second kappa shape index (κ2) is 8.74. The van der Waals surface area contributed by atoms with Crippen molar-refractivity contribution in [2.24, 2.45) is 0 Å². The molecule has 0 spiro atoms. The lowest BCUT2D eigenvalue weighted by Gasteiger charge is -2.08. The molecule has 0 radical (unpaired) electrons. The number of amides is 1. The lowest BCUT2D eigenvalue weighted by molar-refractivity contribution is -0.118. The van der Waals surface area contributed by atoms with E-state index in [1.165, 1.54) is 17.3 Å².